The Morgan fingerprint density at radius 1 is 1.00 bits per heavy atom. The lowest BCUT2D eigenvalue weighted by molar-refractivity contribution is -0.171. The van der Waals surface area contributed by atoms with Crippen LogP contribution < -0.4 is 0 Å². The van der Waals surface area contributed by atoms with E-state index in [0.717, 1.165) is 11.4 Å². The number of aromatic nitrogens is 4. The molecule has 126 valence electrons. The molecule has 0 aliphatic carbocycles. The van der Waals surface area contributed by atoms with Gasteiger partial charge in [-0.3, -0.25) is 9.36 Å². The van der Waals surface area contributed by atoms with Gasteiger partial charge in [0.1, 0.15) is 6.23 Å². The van der Waals surface area contributed by atoms with Crippen LogP contribution in [0.1, 0.15) is 22.5 Å². The van der Waals surface area contributed by atoms with Gasteiger partial charge in [0.05, 0.1) is 44.5 Å². The Bertz CT molecular complexity index is 570. The molecule has 0 radical (unpaired) electrons. The summed E-state index contributed by atoms with van der Waals surface area (Å²) in [5.74, 6) is 0. The Balaban J connectivity index is 1.77. The number of hydrogen-bond acceptors (Lipinski definition) is 5. The maximum Gasteiger partial charge on any atom is 0.137 e. The van der Waals surface area contributed by atoms with Crippen molar-refractivity contribution in [3.8, 4) is 0 Å². The van der Waals surface area contributed by atoms with Gasteiger partial charge >= 0.3 is 0 Å². The van der Waals surface area contributed by atoms with Crippen molar-refractivity contribution in [2.75, 3.05) is 19.8 Å². The first kappa shape index (κ1) is 16.2. The average Bonchev–Trinajstić information content (AvgIpc) is 3.01. The fourth-order valence-corrected chi connectivity index (χ4v) is 2.66. The van der Waals surface area contributed by atoms with E-state index >= 15 is 0 Å². The number of rotatable bonds is 5. The Hall–Kier alpha value is -1.70. The van der Waals surface area contributed by atoms with Crippen LogP contribution in [-0.4, -0.2) is 50.5 Å². The lowest BCUT2D eigenvalue weighted by Gasteiger charge is -2.33. The molecule has 3 heterocycles. The van der Waals surface area contributed by atoms with Gasteiger partial charge in [-0.05, 0) is 38.8 Å². The molecule has 7 heteroatoms. The minimum atomic E-state index is -0.0848. The molecule has 3 rings (SSSR count). The Morgan fingerprint density at radius 2 is 1.57 bits per heavy atom. The number of hydrogen-bond donors (Lipinski definition) is 0. The van der Waals surface area contributed by atoms with Crippen molar-refractivity contribution < 1.29 is 9.47 Å². The van der Waals surface area contributed by atoms with E-state index in [1.165, 1.54) is 11.1 Å². The van der Waals surface area contributed by atoms with Crippen LogP contribution in [0.15, 0.2) is 12.4 Å². The highest BCUT2D eigenvalue weighted by Crippen LogP contribution is 2.13. The fourth-order valence-electron chi connectivity index (χ4n) is 2.66. The van der Waals surface area contributed by atoms with E-state index in [2.05, 4.69) is 41.3 Å². The molecule has 1 aliphatic rings. The third kappa shape index (κ3) is 3.80. The molecule has 23 heavy (non-hydrogen) atoms. The van der Waals surface area contributed by atoms with Gasteiger partial charge in [0.15, 0.2) is 0 Å². The maximum atomic E-state index is 5.88. The topological polar surface area (TPSA) is 57.3 Å². The van der Waals surface area contributed by atoms with Crippen LogP contribution in [0.3, 0.4) is 0 Å². The molecule has 0 N–H and O–H groups in total. The smallest absolute Gasteiger partial charge is 0.137 e. The van der Waals surface area contributed by atoms with Crippen molar-refractivity contribution in [1.29, 1.82) is 0 Å². The second kappa shape index (κ2) is 6.82. The van der Waals surface area contributed by atoms with Gasteiger partial charge in [0, 0.05) is 12.4 Å². The minimum absolute atomic E-state index is 0.0848. The van der Waals surface area contributed by atoms with E-state index in [9.17, 15) is 0 Å². The summed E-state index contributed by atoms with van der Waals surface area (Å²) >= 11 is 0. The van der Waals surface area contributed by atoms with Crippen LogP contribution in [0, 0.1) is 27.7 Å². The Kier molecular flexibility index (Phi) is 4.79. The second-order valence-electron chi connectivity index (χ2n) is 6.15. The molecule has 2 aromatic heterocycles. The minimum Gasteiger partial charge on any atom is -0.375 e. The summed E-state index contributed by atoms with van der Waals surface area (Å²) < 4.78 is 15.3. The van der Waals surface area contributed by atoms with E-state index in [-0.39, 0.29) is 6.23 Å². The van der Waals surface area contributed by atoms with E-state index in [0.29, 0.717) is 33.2 Å². The molecule has 1 saturated heterocycles. The normalized spacial score (nSPS) is 18.7. The van der Waals surface area contributed by atoms with Gasteiger partial charge in [-0.1, -0.05) is 0 Å². The molecule has 0 saturated carbocycles. The molecule has 0 amide bonds. The van der Waals surface area contributed by atoms with Crippen LogP contribution in [0.25, 0.3) is 0 Å². The SMILES string of the molecule is Cc1cn(CN(Cn2cc(C)c(C)n2)C2COCCO2)nc1C. The molecular weight excluding hydrogens is 294 g/mol. The van der Waals surface area contributed by atoms with Gasteiger partial charge in [0.2, 0.25) is 0 Å². The van der Waals surface area contributed by atoms with Crippen LogP contribution in [-0.2, 0) is 22.8 Å². The van der Waals surface area contributed by atoms with Crippen LogP contribution in [0.5, 0.6) is 0 Å². The summed E-state index contributed by atoms with van der Waals surface area (Å²) in [7, 11) is 0. The molecule has 1 unspecified atom stereocenters. The number of nitrogens with zero attached hydrogens (tertiary/aromatic N) is 5. The van der Waals surface area contributed by atoms with Crippen molar-refractivity contribution in [3.05, 3.63) is 34.9 Å². The molecule has 2 aromatic rings. The molecule has 7 nitrogen and oxygen atoms in total. The fraction of sp³-hybridized carbons (Fsp3) is 0.625. The summed E-state index contributed by atoms with van der Waals surface area (Å²) in [6.07, 6.45) is 4.04. The quantitative estimate of drug-likeness (QED) is 0.838. The number of aryl methyl sites for hydroxylation is 4. The van der Waals surface area contributed by atoms with E-state index in [4.69, 9.17) is 9.47 Å². The maximum absolute atomic E-state index is 5.88. The van der Waals surface area contributed by atoms with Crippen LogP contribution in [0.4, 0.5) is 0 Å². The number of ether oxygens (including phenoxy) is 2. The molecule has 1 fully saturated rings. The molecule has 0 bridgehead atoms. The zero-order chi connectivity index (χ0) is 16.4. The third-order valence-electron chi connectivity index (χ3n) is 4.24. The average molecular weight is 319 g/mol. The Morgan fingerprint density at radius 3 is 1.96 bits per heavy atom. The van der Waals surface area contributed by atoms with Crippen LogP contribution >= 0.6 is 0 Å². The lowest BCUT2D eigenvalue weighted by atomic mass is 10.3. The van der Waals surface area contributed by atoms with Crippen molar-refractivity contribution in [2.24, 2.45) is 0 Å². The summed E-state index contributed by atoms with van der Waals surface area (Å²) in [5, 5.41) is 9.12. The zero-order valence-corrected chi connectivity index (χ0v) is 14.3. The highest BCUT2D eigenvalue weighted by atomic mass is 16.6. The molecule has 1 aliphatic heterocycles. The first-order valence-corrected chi connectivity index (χ1v) is 7.97. The lowest BCUT2D eigenvalue weighted by Crippen LogP contribution is -2.45. The van der Waals surface area contributed by atoms with E-state index < -0.39 is 0 Å². The summed E-state index contributed by atoms with van der Waals surface area (Å²) in [6.45, 7) is 11.3. The van der Waals surface area contributed by atoms with Crippen molar-refractivity contribution >= 4 is 0 Å². The monoisotopic (exact) mass is 319 g/mol. The summed E-state index contributed by atoms with van der Waals surface area (Å²) in [6, 6.07) is 0. The largest absolute Gasteiger partial charge is 0.375 e. The van der Waals surface area contributed by atoms with E-state index in [1.54, 1.807) is 0 Å². The second-order valence-corrected chi connectivity index (χ2v) is 6.15. The van der Waals surface area contributed by atoms with Gasteiger partial charge < -0.3 is 9.47 Å². The van der Waals surface area contributed by atoms with Gasteiger partial charge in [0.25, 0.3) is 0 Å². The predicted octanol–water partition coefficient (Wildman–Crippen LogP) is 1.60. The van der Waals surface area contributed by atoms with Crippen LogP contribution in [0.2, 0.25) is 0 Å². The molecular formula is C16H25N5O2. The third-order valence-corrected chi connectivity index (χ3v) is 4.24. The van der Waals surface area contributed by atoms with Gasteiger partial charge in [-0.15, -0.1) is 0 Å². The predicted molar refractivity (Wildman–Crippen MR) is 85.8 cm³/mol. The van der Waals surface area contributed by atoms with Crippen molar-refractivity contribution in [2.45, 2.75) is 47.3 Å². The molecule has 0 spiro atoms. The zero-order valence-electron chi connectivity index (χ0n) is 14.3. The van der Waals surface area contributed by atoms with Gasteiger partial charge in [-0.2, -0.15) is 10.2 Å². The van der Waals surface area contributed by atoms with Crippen molar-refractivity contribution in [3.63, 3.8) is 0 Å². The Labute approximate surface area is 136 Å². The van der Waals surface area contributed by atoms with Gasteiger partial charge in [-0.25, -0.2) is 4.90 Å². The summed E-state index contributed by atoms with van der Waals surface area (Å²) in [5.41, 5.74) is 4.49. The summed E-state index contributed by atoms with van der Waals surface area (Å²) in [4.78, 5) is 2.19. The first-order valence-electron chi connectivity index (χ1n) is 7.97. The highest BCUT2D eigenvalue weighted by molar-refractivity contribution is 5.13. The first-order chi connectivity index (χ1) is 11.0. The standard InChI is InChI=1S/C16H25N5O2/c1-12-7-20(17-14(12)3)10-19(16-9-22-5-6-23-16)11-21-8-13(2)15(4)18-21/h7-8,16H,5-6,9-11H2,1-4H3. The highest BCUT2D eigenvalue weighted by Gasteiger charge is 2.24. The van der Waals surface area contributed by atoms with E-state index in [1.807, 2.05) is 23.2 Å². The van der Waals surface area contributed by atoms with Crippen molar-refractivity contribution in [1.82, 2.24) is 24.5 Å². The molecule has 1 atom stereocenters. The molecule has 0 aromatic carbocycles.